The molecule has 3 aromatic carbocycles. The molecule has 0 fully saturated rings. The Morgan fingerprint density at radius 1 is 0.808 bits per heavy atom. The summed E-state index contributed by atoms with van der Waals surface area (Å²) in [4.78, 5) is 0. The minimum absolute atomic E-state index is 0.890. The average molecular weight is 335 g/mol. The van der Waals surface area contributed by atoms with Gasteiger partial charge in [-0.05, 0) is 35.9 Å². The van der Waals surface area contributed by atoms with Gasteiger partial charge in [0.1, 0.15) is 5.58 Å². The van der Waals surface area contributed by atoms with Crippen molar-refractivity contribution < 1.29 is 4.42 Å². The van der Waals surface area contributed by atoms with E-state index in [1.165, 1.54) is 10.8 Å². The molecule has 0 aliphatic carbocycles. The van der Waals surface area contributed by atoms with E-state index >= 15 is 0 Å². The first-order valence-corrected chi connectivity index (χ1v) is 8.65. The predicted molar refractivity (Wildman–Crippen MR) is 110 cm³/mol. The zero-order valence-electron chi connectivity index (χ0n) is 14.2. The second-order valence-corrected chi connectivity index (χ2v) is 6.38. The summed E-state index contributed by atoms with van der Waals surface area (Å²) in [7, 11) is 0. The highest BCUT2D eigenvalue weighted by atomic mass is 16.3. The maximum absolute atomic E-state index is 5.63. The first kappa shape index (κ1) is 14.8. The summed E-state index contributed by atoms with van der Waals surface area (Å²) in [5.74, 6) is 0. The van der Waals surface area contributed by atoms with Crippen LogP contribution >= 0.6 is 0 Å². The largest absolute Gasteiger partial charge is 0.464 e. The number of para-hydroxylation sites is 1. The molecule has 0 saturated carbocycles. The van der Waals surface area contributed by atoms with E-state index < -0.39 is 0 Å². The van der Waals surface area contributed by atoms with Crippen molar-refractivity contribution in [1.29, 1.82) is 0 Å². The summed E-state index contributed by atoms with van der Waals surface area (Å²) in [5, 5.41) is 3.54. The third kappa shape index (κ3) is 2.20. The van der Waals surface area contributed by atoms with Crippen molar-refractivity contribution in [2.45, 2.75) is 0 Å². The van der Waals surface area contributed by atoms with Crippen LogP contribution in [-0.4, -0.2) is 4.57 Å². The number of hydrogen-bond donors (Lipinski definition) is 0. The first-order chi connectivity index (χ1) is 12.8. The average Bonchev–Trinajstić information content (AvgIpc) is 3.29. The molecule has 0 atom stereocenters. The predicted octanol–water partition coefficient (Wildman–Crippen LogP) is 6.72. The van der Waals surface area contributed by atoms with E-state index in [1.54, 1.807) is 6.26 Å². The van der Waals surface area contributed by atoms with Crippen molar-refractivity contribution in [2.75, 3.05) is 0 Å². The number of furan rings is 1. The molecule has 0 spiro atoms. The lowest BCUT2D eigenvalue weighted by molar-refractivity contribution is 0.616. The summed E-state index contributed by atoms with van der Waals surface area (Å²) in [6.07, 6.45) is 5.91. The highest BCUT2D eigenvalue weighted by Gasteiger charge is 2.15. The Kier molecular flexibility index (Phi) is 3.29. The third-order valence-corrected chi connectivity index (χ3v) is 4.82. The molecule has 26 heavy (non-hydrogen) atoms. The highest BCUT2D eigenvalue weighted by molar-refractivity contribution is 6.18. The summed E-state index contributed by atoms with van der Waals surface area (Å²) in [5.41, 5.74) is 5.26. The van der Waals surface area contributed by atoms with Gasteiger partial charge in [0, 0.05) is 21.9 Å². The molecule has 2 nitrogen and oxygen atoms in total. The highest BCUT2D eigenvalue weighted by Crippen LogP contribution is 2.36. The van der Waals surface area contributed by atoms with Crippen LogP contribution in [0.3, 0.4) is 0 Å². The number of fused-ring (bicyclic) bond motifs is 5. The number of benzene rings is 3. The van der Waals surface area contributed by atoms with Gasteiger partial charge in [-0.3, -0.25) is 0 Å². The van der Waals surface area contributed by atoms with E-state index in [1.807, 2.05) is 30.3 Å². The molecule has 0 N–H and O–H groups in total. The quantitative estimate of drug-likeness (QED) is 0.334. The fourth-order valence-electron chi connectivity index (χ4n) is 3.63. The molecule has 0 saturated heterocycles. The Labute approximate surface area is 151 Å². The Balaban J connectivity index is 1.78. The monoisotopic (exact) mass is 335 g/mol. The number of aromatic nitrogens is 1. The van der Waals surface area contributed by atoms with Gasteiger partial charge in [0.15, 0.2) is 0 Å². The molecule has 124 valence electrons. The Morgan fingerprint density at radius 2 is 1.62 bits per heavy atom. The Morgan fingerprint density at radius 3 is 2.50 bits per heavy atom. The molecule has 0 aliphatic rings. The number of allylic oxidation sites excluding steroid dienone is 2. The van der Waals surface area contributed by atoms with Crippen LogP contribution in [0.5, 0.6) is 0 Å². The number of nitrogens with zero attached hydrogens (tertiary/aromatic N) is 1. The van der Waals surface area contributed by atoms with Gasteiger partial charge in [0.05, 0.1) is 17.3 Å². The van der Waals surface area contributed by atoms with E-state index in [4.69, 9.17) is 4.42 Å². The molecule has 0 amide bonds. The zero-order chi connectivity index (χ0) is 17.5. The zero-order valence-corrected chi connectivity index (χ0v) is 14.2. The second kappa shape index (κ2) is 5.78. The Hall–Kier alpha value is -3.52. The fraction of sp³-hybridized carbons (Fsp3) is 0. The van der Waals surface area contributed by atoms with Crippen LogP contribution in [0.1, 0.15) is 5.56 Å². The van der Waals surface area contributed by atoms with E-state index in [9.17, 15) is 0 Å². The number of hydrogen-bond acceptors (Lipinski definition) is 1. The van der Waals surface area contributed by atoms with Gasteiger partial charge < -0.3 is 8.98 Å². The van der Waals surface area contributed by atoms with Crippen LogP contribution < -0.4 is 0 Å². The van der Waals surface area contributed by atoms with Crippen LogP contribution in [0.25, 0.3) is 44.5 Å². The lowest BCUT2D eigenvalue weighted by Gasteiger charge is -2.08. The lowest BCUT2D eigenvalue weighted by atomic mass is 10.1. The van der Waals surface area contributed by atoms with Gasteiger partial charge in [-0.1, -0.05) is 61.2 Å². The standard InChI is InChI=1S/C24H17NO/c1-17(11-12-18-7-3-2-4-8-18)25-22-10-6-5-9-19(22)20-13-14-23-21(24(20)25)15-16-26-23/h2-16H,1H2/b12-11-. The van der Waals surface area contributed by atoms with Gasteiger partial charge >= 0.3 is 0 Å². The van der Waals surface area contributed by atoms with Crippen molar-refractivity contribution in [3.63, 3.8) is 0 Å². The topological polar surface area (TPSA) is 18.1 Å². The maximum atomic E-state index is 5.63. The molecule has 5 aromatic rings. The summed E-state index contributed by atoms with van der Waals surface area (Å²) in [6, 6.07) is 24.9. The molecule has 0 unspecified atom stereocenters. The minimum atomic E-state index is 0.890. The molecule has 2 aromatic heterocycles. The van der Waals surface area contributed by atoms with Crippen molar-refractivity contribution in [2.24, 2.45) is 0 Å². The summed E-state index contributed by atoms with van der Waals surface area (Å²) in [6.45, 7) is 4.35. The van der Waals surface area contributed by atoms with Crippen molar-refractivity contribution >= 4 is 44.5 Å². The van der Waals surface area contributed by atoms with Gasteiger partial charge in [0.2, 0.25) is 0 Å². The maximum Gasteiger partial charge on any atom is 0.136 e. The normalized spacial score (nSPS) is 11.8. The summed E-state index contributed by atoms with van der Waals surface area (Å²) >= 11 is 0. The van der Waals surface area contributed by atoms with Gasteiger partial charge in [-0.2, -0.15) is 0 Å². The Bertz CT molecular complexity index is 1290. The van der Waals surface area contributed by atoms with E-state index in [0.29, 0.717) is 0 Å². The van der Waals surface area contributed by atoms with Crippen molar-refractivity contribution in [3.05, 3.63) is 97.3 Å². The molecule has 0 radical (unpaired) electrons. The SMILES string of the molecule is C=C(/C=C\c1ccccc1)n1c2ccccc2c2ccc3occc3c21. The lowest BCUT2D eigenvalue weighted by Crippen LogP contribution is -1.93. The molecule has 2 heterocycles. The van der Waals surface area contributed by atoms with Crippen LogP contribution in [0, 0.1) is 0 Å². The van der Waals surface area contributed by atoms with E-state index in [2.05, 4.69) is 65.8 Å². The molecule has 0 bridgehead atoms. The van der Waals surface area contributed by atoms with Crippen molar-refractivity contribution in [3.8, 4) is 0 Å². The minimum Gasteiger partial charge on any atom is -0.464 e. The number of rotatable bonds is 3. The molecule has 2 heteroatoms. The third-order valence-electron chi connectivity index (χ3n) is 4.82. The molecular formula is C24H17NO. The van der Waals surface area contributed by atoms with Gasteiger partial charge in [0.25, 0.3) is 0 Å². The molecule has 5 rings (SSSR count). The summed E-state index contributed by atoms with van der Waals surface area (Å²) < 4.78 is 7.85. The van der Waals surface area contributed by atoms with Crippen LogP contribution in [0.15, 0.2) is 96.1 Å². The van der Waals surface area contributed by atoms with Crippen LogP contribution in [0.4, 0.5) is 0 Å². The van der Waals surface area contributed by atoms with E-state index in [0.717, 1.165) is 33.3 Å². The van der Waals surface area contributed by atoms with Crippen molar-refractivity contribution in [1.82, 2.24) is 4.57 Å². The molecular weight excluding hydrogens is 318 g/mol. The van der Waals surface area contributed by atoms with E-state index in [-0.39, 0.29) is 0 Å². The van der Waals surface area contributed by atoms with Crippen LogP contribution in [-0.2, 0) is 0 Å². The van der Waals surface area contributed by atoms with Crippen LogP contribution in [0.2, 0.25) is 0 Å². The smallest absolute Gasteiger partial charge is 0.136 e. The van der Waals surface area contributed by atoms with Gasteiger partial charge in [-0.25, -0.2) is 0 Å². The fourth-order valence-corrected chi connectivity index (χ4v) is 3.63. The first-order valence-electron chi connectivity index (χ1n) is 8.65. The molecule has 0 aliphatic heterocycles. The van der Waals surface area contributed by atoms with Gasteiger partial charge in [-0.15, -0.1) is 0 Å². The second-order valence-electron chi connectivity index (χ2n) is 6.38.